The van der Waals surface area contributed by atoms with Crippen molar-refractivity contribution in [2.75, 3.05) is 6.61 Å². The summed E-state index contributed by atoms with van der Waals surface area (Å²) in [5.41, 5.74) is 1.18. The molecule has 0 spiro atoms. The first kappa shape index (κ1) is 17.2. The van der Waals surface area contributed by atoms with Gasteiger partial charge in [0, 0.05) is 16.1 Å². The monoisotopic (exact) mass is 362 g/mol. The summed E-state index contributed by atoms with van der Waals surface area (Å²) >= 11 is 9.76. The van der Waals surface area contributed by atoms with Gasteiger partial charge in [0.05, 0.1) is 0 Å². The molecule has 0 atom stereocenters. The minimum absolute atomic E-state index is 0.276. The molecule has 0 unspecified atom stereocenters. The van der Waals surface area contributed by atoms with Crippen LogP contribution < -0.4 is 0 Å². The van der Waals surface area contributed by atoms with Gasteiger partial charge in [0.1, 0.15) is 0 Å². The molecule has 4 heteroatoms. The molecule has 0 radical (unpaired) electrons. The first-order valence-electron chi connectivity index (χ1n) is 6.72. The quantitative estimate of drug-likeness (QED) is 0.456. The molecule has 0 saturated heterocycles. The van der Waals surface area contributed by atoms with Gasteiger partial charge in [-0.2, -0.15) is 0 Å². The van der Waals surface area contributed by atoms with E-state index in [2.05, 4.69) is 49.8 Å². The second-order valence-corrected chi connectivity index (χ2v) is 12.5. The van der Waals surface area contributed by atoms with Crippen molar-refractivity contribution in [1.29, 1.82) is 0 Å². The van der Waals surface area contributed by atoms with Crippen molar-refractivity contribution < 1.29 is 4.43 Å². The summed E-state index contributed by atoms with van der Waals surface area (Å²) in [5, 5.41) is 1.11. The van der Waals surface area contributed by atoms with E-state index in [1.165, 1.54) is 5.56 Å². The molecule has 1 aromatic rings. The van der Waals surface area contributed by atoms with Crippen LogP contribution in [0.1, 0.15) is 32.8 Å². The molecule has 0 aliphatic carbocycles. The molecule has 0 aliphatic rings. The Morgan fingerprint density at radius 3 is 2.42 bits per heavy atom. The highest BCUT2D eigenvalue weighted by molar-refractivity contribution is 9.10. The standard InChI is InChI=1S/C15H24BrClOSi/c1-15(2,3)19(4,5)18-11-7-8-12-13(16)9-6-10-14(12)17/h6,9-10H,7-8,11H2,1-5H3. The summed E-state index contributed by atoms with van der Waals surface area (Å²) in [6, 6.07) is 5.94. The lowest BCUT2D eigenvalue weighted by atomic mass is 10.1. The molecule has 0 aliphatic heterocycles. The Morgan fingerprint density at radius 1 is 1.26 bits per heavy atom. The maximum atomic E-state index is 6.21. The molecule has 0 N–H and O–H groups in total. The Kier molecular flexibility index (Phi) is 6.12. The summed E-state index contributed by atoms with van der Waals surface area (Å²) in [6.07, 6.45) is 1.96. The Bertz CT molecular complexity index is 406. The molecule has 0 heterocycles. The maximum absolute atomic E-state index is 6.21. The van der Waals surface area contributed by atoms with E-state index in [1.807, 2.05) is 18.2 Å². The molecule has 0 amide bonds. The highest BCUT2D eigenvalue weighted by atomic mass is 79.9. The minimum atomic E-state index is -1.61. The Labute approximate surface area is 132 Å². The number of benzene rings is 1. The first-order chi connectivity index (χ1) is 8.65. The van der Waals surface area contributed by atoms with E-state index in [1.54, 1.807) is 0 Å². The van der Waals surface area contributed by atoms with E-state index in [9.17, 15) is 0 Å². The van der Waals surface area contributed by atoms with Crippen molar-refractivity contribution in [3.05, 3.63) is 33.3 Å². The molecule has 108 valence electrons. The van der Waals surface area contributed by atoms with Gasteiger partial charge < -0.3 is 4.43 Å². The normalized spacial score (nSPS) is 12.8. The fourth-order valence-corrected chi connectivity index (χ4v) is 3.60. The third-order valence-corrected chi connectivity index (χ3v) is 9.54. The van der Waals surface area contributed by atoms with Gasteiger partial charge in [0.25, 0.3) is 0 Å². The van der Waals surface area contributed by atoms with Crippen LogP contribution in [0.25, 0.3) is 0 Å². The molecule has 0 saturated carbocycles. The highest BCUT2D eigenvalue weighted by Gasteiger charge is 2.36. The number of rotatable bonds is 5. The van der Waals surface area contributed by atoms with E-state index in [0.29, 0.717) is 0 Å². The third-order valence-electron chi connectivity index (χ3n) is 3.90. The Morgan fingerprint density at radius 2 is 1.89 bits per heavy atom. The minimum Gasteiger partial charge on any atom is -0.417 e. The number of halogens is 2. The van der Waals surface area contributed by atoms with Gasteiger partial charge in [-0.3, -0.25) is 0 Å². The second-order valence-electron chi connectivity index (χ2n) is 6.41. The van der Waals surface area contributed by atoms with Crippen molar-refractivity contribution >= 4 is 35.8 Å². The van der Waals surface area contributed by atoms with Crippen LogP contribution in [0.15, 0.2) is 22.7 Å². The number of hydrogen-bond donors (Lipinski definition) is 0. The van der Waals surface area contributed by atoms with Crippen molar-refractivity contribution in [1.82, 2.24) is 0 Å². The Balaban J connectivity index is 2.48. The van der Waals surface area contributed by atoms with E-state index in [0.717, 1.165) is 28.9 Å². The van der Waals surface area contributed by atoms with Crippen LogP contribution >= 0.6 is 27.5 Å². The van der Waals surface area contributed by atoms with Crippen LogP contribution in [0.5, 0.6) is 0 Å². The summed E-state index contributed by atoms with van der Waals surface area (Å²) in [4.78, 5) is 0. The molecule has 0 aromatic heterocycles. The van der Waals surface area contributed by atoms with Crippen molar-refractivity contribution in [3.8, 4) is 0 Å². The number of hydrogen-bond acceptors (Lipinski definition) is 1. The lowest BCUT2D eigenvalue weighted by molar-refractivity contribution is 0.282. The molecular formula is C15H24BrClOSi. The fourth-order valence-electron chi connectivity index (χ4n) is 1.56. The lowest BCUT2D eigenvalue weighted by Gasteiger charge is -2.36. The summed E-state index contributed by atoms with van der Waals surface area (Å²) in [7, 11) is -1.61. The van der Waals surface area contributed by atoms with Gasteiger partial charge in [-0.25, -0.2) is 0 Å². The molecule has 1 rings (SSSR count). The van der Waals surface area contributed by atoms with E-state index in [4.69, 9.17) is 16.0 Å². The zero-order valence-corrected chi connectivity index (χ0v) is 15.9. The molecule has 1 aromatic carbocycles. The van der Waals surface area contributed by atoms with Crippen LogP contribution in [0, 0.1) is 0 Å². The van der Waals surface area contributed by atoms with Gasteiger partial charge in [-0.15, -0.1) is 0 Å². The van der Waals surface area contributed by atoms with E-state index in [-0.39, 0.29) is 5.04 Å². The fraction of sp³-hybridized carbons (Fsp3) is 0.600. The van der Waals surface area contributed by atoms with Gasteiger partial charge in [-0.1, -0.05) is 54.4 Å². The van der Waals surface area contributed by atoms with Crippen LogP contribution in [0.2, 0.25) is 23.2 Å². The molecule has 0 bridgehead atoms. The summed E-state index contributed by atoms with van der Waals surface area (Å²) in [5.74, 6) is 0. The van der Waals surface area contributed by atoms with Crippen LogP contribution in [-0.2, 0) is 10.8 Å². The molecular weight excluding hydrogens is 340 g/mol. The largest absolute Gasteiger partial charge is 0.417 e. The second kappa shape index (κ2) is 6.75. The molecule has 0 fully saturated rings. The van der Waals surface area contributed by atoms with Gasteiger partial charge in [-0.05, 0) is 48.7 Å². The predicted octanol–water partition coefficient (Wildman–Crippen LogP) is 6.06. The third kappa shape index (κ3) is 4.89. The summed E-state index contributed by atoms with van der Waals surface area (Å²) < 4.78 is 7.27. The topological polar surface area (TPSA) is 9.23 Å². The molecule has 19 heavy (non-hydrogen) atoms. The SMILES string of the molecule is CC(C)(C)[Si](C)(C)OCCCc1c(Cl)cccc1Br. The van der Waals surface area contributed by atoms with Crippen molar-refractivity contribution in [2.24, 2.45) is 0 Å². The zero-order valence-electron chi connectivity index (χ0n) is 12.5. The summed E-state index contributed by atoms with van der Waals surface area (Å²) in [6.45, 7) is 12.2. The molecule has 1 nitrogen and oxygen atoms in total. The smallest absolute Gasteiger partial charge is 0.191 e. The predicted molar refractivity (Wildman–Crippen MR) is 90.6 cm³/mol. The maximum Gasteiger partial charge on any atom is 0.191 e. The van der Waals surface area contributed by atoms with Crippen LogP contribution in [-0.4, -0.2) is 14.9 Å². The van der Waals surface area contributed by atoms with Crippen LogP contribution in [0.3, 0.4) is 0 Å². The van der Waals surface area contributed by atoms with Crippen molar-refractivity contribution in [3.63, 3.8) is 0 Å². The van der Waals surface area contributed by atoms with Gasteiger partial charge in [0.15, 0.2) is 8.32 Å². The van der Waals surface area contributed by atoms with Gasteiger partial charge in [0.2, 0.25) is 0 Å². The lowest BCUT2D eigenvalue weighted by Crippen LogP contribution is -2.41. The average Bonchev–Trinajstić information content (AvgIpc) is 2.25. The van der Waals surface area contributed by atoms with Crippen LogP contribution in [0.4, 0.5) is 0 Å². The zero-order chi connectivity index (χ0) is 14.7. The highest BCUT2D eigenvalue weighted by Crippen LogP contribution is 2.36. The van der Waals surface area contributed by atoms with Crippen molar-refractivity contribution in [2.45, 2.75) is 51.7 Å². The Hall–Kier alpha value is 0.167. The first-order valence-corrected chi connectivity index (χ1v) is 10.8. The van der Waals surface area contributed by atoms with Gasteiger partial charge >= 0.3 is 0 Å². The average molecular weight is 364 g/mol. The van der Waals surface area contributed by atoms with E-state index < -0.39 is 8.32 Å². The van der Waals surface area contributed by atoms with E-state index >= 15 is 0 Å².